The first-order chi connectivity index (χ1) is 4.79. The Bertz CT molecular complexity index is 184. The van der Waals surface area contributed by atoms with Gasteiger partial charge in [-0.1, -0.05) is 30.3 Å². The summed E-state index contributed by atoms with van der Waals surface area (Å²) in [6.45, 7) is 2.02. The molecule has 0 spiro atoms. The summed E-state index contributed by atoms with van der Waals surface area (Å²) < 4.78 is 0. The van der Waals surface area contributed by atoms with Crippen molar-refractivity contribution < 1.29 is 4.70 Å². The summed E-state index contributed by atoms with van der Waals surface area (Å²) >= 11 is 0. The summed E-state index contributed by atoms with van der Waals surface area (Å²) in [4.78, 5) is 0. The van der Waals surface area contributed by atoms with Crippen LogP contribution in [0.5, 0.6) is 0 Å². The number of hydrogen-bond acceptors (Lipinski definition) is 1. The van der Waals surface area contributed by atoms with E-state index in [0.29, 0.717) is 0 Å². The lowest BCUT2D eigenvalue weighted by molar-refractivity contribution is 0.738. The van der Waals surface area contributed by atoms with E-state index in [1.165, 1.54) is 5.56 Å². The highest BCUT2D eigenvalue weighted by Gasteiger charge is 1.94. The normalized spacial score (nSPS) is 11.8. The van der Waals surface area contributed by atoms with Crippen molar-refractivity contribution in [2.75, 3.05) is 0 Å². The van der Waals surface area contributed by atoms with Crippen LogP contribution in [0.4, 0.5) is 4.70 Å². The second-order valence-electron chi connectivity index (χ2n) is 2.67. The minimum absolute atomic E-state index is 0. The monoisotopic (exact) mass is 155 g/mol. The second-order valence-corrected chi connectivity index (χ2v) is 2.67. The Labute approximate surface area is 66.6 Å². The van der Waals surface area contributed by atoms with Crippen molar-refractivity contribution >= 4 is 0 Å². The SMILES string of the molecule is CC(N)Cc1ccccc1.F. The van der Waals surface area contributed by atoms with E-state index in [0.717, 1.165) is 6.42 Å². The van der Waals surface area contributed by atoms with Crippen LogP contribution >= 0.6 is 0 Å². The molecule has 0 fully saturated rings. The highest BCUT2D eigenvalue weighted by Crippen LogP contribution is 2.00. The quantitative estimate of drug-likeness (QED) is 0.691. The van der Waals surface area contributed by atoms with Crippen LogP contribution in [0.15, 0.2) is 30.3 Å². The summed E-state index contributed by atoms with van der Waals surface area (Å²) in [7, 11) is 0. The first-order valence-electron chi connectivity index (χ1n) is 3.58. The van der Waals surface area contributed by atoms with E-state index in [9.17, 15) is 0 Å². The number of halogens is 1. The van der Waals surface area contributed by atoms with Crippen LogP contribution in [0.1, 0.15) is 12.5 Å². The summed E-state index contributed by atoms with van der Waals surface area (Å²) in [5.41, 5.74) is 6.94. The Hall–Kier alpha value is -0.890. The summed E-state index contributed by atoms with van der Waals surface area (Å²) in [6.07, 6.45) is 0.973. The van der Waals surface area contributed by atoms with Crippen molar-refractivity contribution in [1.29, 1.82) is 0 Å². The van der Waals surface area contributed by atoms with Crippen LogP contribution in [0, 0.1) is 0 Å². The van der Waals surface area contributed by atoms with Crippen molar-refractivity contribution in [2.24, 2.45) is 5.73 Å². The van der Waals surface area contributed by atoms with Gasteiger partial charge in [0.2, 0.25) is 0 Å². The average Bonchev–Trinajstić information content (AvgIpc) is 1.88. The minimum atomic E-state index is 0. The molecule has 62 valence electrons. The van der Waals surface area contributed by atoms with Gasteiger partial charge < -0.3 is 5.73 Å². The number of benzene rings is 1. The smallest absolute Gasteiger partial charge is 0.00509 e. The van der Waals surface area contributed by atoms with Gasteiger partial charge in [0.15, 0.2) is 0 Å². The lowest BCUT2D eigenvalue weighted by Gasteiger charge is -2.02. The largest absolute Gasteiger partial charge is 0.328 e. The molecule has 2 heteroatoms. The molecule has 0 saturated heterocycles. The number of hydrogen-bond donors (Lipinski definition) is 1. The van der Waals surface area contributed by atoms with E-state index in [4.69, 9.17) is 5.73 Å². The Balaban J connectivity index is 0.000001000. The van der Waals surface area contributed by atoms with Gasteiger partial charge in [-0.25, -0.2) is 0 Å². The maximum atomic E-state index is 5.62. The molecular formula is C9H14FN. The molecular weight excluding hydrogens is 141 g/mol. The van der Waals surface area contributed by atoms with Crippen LogP contribution in [-0.2, 0) is 6.42 Å². The molecule has 1 aromatic rings. The predicted octanol–water partition coefficient (Wildman–Crippen LogP) is 1.73. The molecule has 0 aliphatic rings. The van der Waals surface area contributed by atoms with Gasteiger partial charge >= 0.3 is 0 Å². The van der Waals surface area contributed by atoms with E-state index in [1.54, 1.807) is 0 Å². The van der Waals surface area contributed by atoms with E-state index >= 15 is 0 Å². The molecule has 2 N–H and O–H groups in total. The molecule has 1 nitrogen and oxygen atoms in total. The molecule has 1 aromatic carbocycles. The fourth-order valence-corrected chi connectivity index (χ4v) is 0.986. The lowest BCUT2D eigenvalue weighted by atomic mass is 10.1. The number of nitrogens with two attached hydrogens (primary N) is 1. The van der Waals surface area contributed by atoms with E-state index < -0.39 is 0 Å². The van der Waals surface area contributed by atoms with Crippen molar-refractivity contribution in [2.45, 2.75) is 19.4 Å². The zero-order valence-corrected chi connectivity index (χ0v) is 6.66. The van der Waals surface area contributed by atoms with Crippen LogP contribution in [0.2, 0.25) is 0 Å². The third-order valence-corrected chi connectivity index (χ3v) is 1.40. The van der Waals surface area contributed by atoms with Crippen LogP contribution in [0.3, 0.4) is 0 Å². The van der Waals surface area contributed by atoms with Crippen molar-refractivity contribution in [3.05, 3.63) is 35.9 Å². The lowest BCUT2D eigenvalue weighted by Crippen LogP contribution is -2.17. The molecule has 0 aliphatic carbocycles. The van der Waals surface area contributed by atoms with Gasteiger partial charge in [0.1, 0.15) is 0 Å². The fourth-order valence-electron chi connectivity index (χ4n) is 0.986. The highest BCUT2D eigenvalue weighted by atomic mass is 19.0. The van der Waals surface area contributed by atoms with E-state index in [-0.39, 0.29) is 10.7 Å². The van der Waals surface area contributed by atoms with Gasteiger partial charge in [-0.2, -0.15) is 0 Å². The second kappa shape index (κ2) is 4.85. The Morgan fingerprint density at radius 3 is 2.27 bits per heavy atom. The molecule has 1 unspecified atom stereocenters. The highest BCUT2D eigenvalue weighted by molar-refractivity contribution is 5.15. The minimum Gasteiger partial charge on any atom is -0.328 e. The molecule has 0 saturated carbocycles. The van der Waals surface area contributed by atoms with Gasteiger partial charge in [0, 0.05) is 6.04 Å². The summed E-state index contributed by atoms with van der Waals surface area (Å²) in [6, 6.07) is 10.6. The molecule has 0 radical (unpaired) electrons. The van der Waals surface area contributed by atoms with Crippen LogP contribution in [0.25, 0.3) is 0 Å². The molecule has 0 aromatic heterocycles. The Morgan fingerprint density at radius 2 is 1.82 bits per heavy atom. The van der Waals surface area contributed by atoms with Crippen LogP contribution < -0.4 is 5.73 Å². The maximum Gasteiger partial charge on any atom is 0.00509 e. The summed E-state index contributed by atoms with van der Waals surface area (Å²) in [5.74, 6) is 0. The molecule has 1 rings (SSSR count). The van der Waals surface area contributed by atoms with Crippen molar-refractivity contribution in [3.8, 4) is 0 Å². The van der Waals surface area contributed by atoms with Gasteiger partial charge in [-0.05, 0) is 18.9 Å². The van der Waals surface area contributed by atoms with Gasteiger partial charge in [-0.15, -0.1) is 0 Å². The van der Waals surface area contributed by atoms with Gasteiger partial charge in [0.05, 0.1) is 0 Å². The molecule has 0 amide bonds. The zero-order valence-electron chi connectivity index (χ0n) is 6.66. The average molecular weight is 155 g/mol. The predicted molar refractivity (Wildman–Crippen MR) is 46.3 cm³/mol. The molecule has 0 aliphatic heterocycles. The standard InChI is InChI=1S/C9H13N.FH/c1-8(10)7-9-5-3-2-4-6-9;/h2-6,8H,7,10H2,1H3;1H. The zero-order chi connectivity index (χ0) is 7.40. The van der Waals surface area contributed by atoms with Gasteiger partial charge in [0.25, 0.3) is 0 Å². The van der Waals surface area contributed by atoms with E-state index in [2.05, 4.69) is 12.1 Å². The fraction of sp³-hybridized carbons (Fsp3) is 0.333. The van der Waals surface area contributed by atoms with Crippen LogP contribution in [-0.4, -0.2) is 6.04 Å². The molecule has 0 bridgehead atoms. The van der Waals surface area contributed by atoms with Gasteiger partial charge in [-0.3, -0.25) is 4.70 Å². The Kier molecular flexibility index (Phi) is 4.46. The molecule has 11 heavy (non-hydrogen) atoms. The first-order valence-corrected chi connectivity index (χ1v) is 3.58. The third kappa shape index (κ3) is 3.73. The van der Waals surface area contributed by atoms with Crippen molar-refractivity contribution in [1.82, 2.24) is 0 Å². The topological polar surface area (TPSA) is 26.0 Å². The Morgan fingerprint density at radius 1 is 1.27 bits per heavy atom. The third-order valence-electron chi connectivity index (χ3n) is 1.40. The van der Waals surface area contributed by atoms with E-state index in [1.807, 2.05) is 25.1 Å². The maximum absolute atomic E-state index is 5.62. The molecule has 1 atom stereocenters. The molecule has 0 heterocycles. The van der Waals surface area contributed by atoms with Crippen molar-refractivity contribution in [3.63, 3.8) is 0 Å². The first kappa shape index (κ1) is 10.1. The summed E-state index contributed by atoms with van der Waals surface area (Å²) in [5, 5.41) is 0. The number of rotatable bonds is 2.